The molecule has 1 aromatic carbocycles. The molecule has 0 radical (unpaired) electrons. The molecule has 0 aliphatic carbocycles. The van der Waals surface area contributed by atoms with Crippen LogP contribution in [0, 0.1) is 6.92 Å². The van der Waals surface area contributed by atoms with Gasteiger partial charge < -0.3 is 28.6 Å². The van der Waals surface area contributed by atoms with Gasteiger partial charge in [0.05, 0.1) is 30.8 Å². The van der Waals surface area contributed by atoms with E-state index in [1.54, 1.807) is 11.8 Å². The lowest BCUT2D eigenvalue weighted by atomic mass is 9.99. The van der Waals surface area contributed by atoms with Gasteiger partial charge in [0.25, 0.3) is 0 Å². The molecule has 1 amide bonds. The van der Waals surface area contributed by atoms with Gasteiger partial charge in [0.1, 0.15) is 18.1 Å². The number of carbonyl (C=O) groups excluding carboxylic acids is 2. The van der Waals surface area contributed by atoms with Gasteiger partial charge in [-0.25, -0.2) is 4.79 Å². The Morgan fingerprint density at radius 1 is 1.30 bits per heavy atom. The molecule has 1 aliphatic heterocycles. The Bertz CT molecular complexity index is 991. The van der Waals surface area contributed by atoms with E-state index in [1.807, 2.05) is 0 Å². The van der Waals surface area contributed by atoms with Crippen molar-refractivity contribution >= 4 is 23.2 Å². The minimum atomic E-state index is -0.647. The van der Waals surface area contributed by atoms with Crippen molar-refractivity contribution in [2.75, 3.05) is 46.6 Å². The molecule has 1 aliphatic rings. The van der Waals surface area contributed by atoms with Crippen molar-refractivity contribution in [3.63, 3.8) is 0 Å². The average molecular weight is 419 g/mol. The van der Waals surface area contributed by atoms with Gasteiger partial charge in [0.2, 0.25) is 5.91 Å². The van der Waals surface area contributed by atoms with Crippen LogP contribution in [0.25, 0.3) is 11.0 Å². The molecule has 0 atom stereocenters. The number of phenols is 1. The van der Waals surface area contributed by atoms with Crippen LogP contribution in [0.4, 0.5) is 0 Å². The maximum absolute atomic E-state index is 12.6. The zero-order valence-corrected chi connectivity index (χ0v) is 17.1. The Hall–Kier alpha value is -2.91. The van der Waals surface area contributed by atoms with Crippen molar-refractivity contribution in [3.8, 4) is 11.5 Å². The summed E-state index contributed by atoms with van der Waals surface area (Å²) in [5.41, 5.74) is 0.0736. The molecule has 0 saturated carbocycles. The topological polar surface area (TPSA) is 116 Å². The summed E-state index contributed by atoms with van der Waals surface area (Å²) >= 11 is 0. The number of morpholine rings is 1. The van der Waals surface area contributed by atoms with Crippen LogP contribution in [-0.2, 0) is 20.7 Å². The van der Waals surface area contributed by atoms with Gasteiger partial charge in [-0.2, -0.15) is 0 Å². The number of aryl methyl sites for hydroxylation is 1. The van der Waals surface area contributed by atoms with Gasteiger partial charge in [-0.15, -0.1) is 0 Å². The van der Waals surface area contributed by atoms with Crippen molar-refractivity contribution in [1.29, 1.82) is 0 Å². The minimum Gasteiger partial charge on any atom is -0.507 e. The first kappa shape index (κ1) is 21.8. The fourth-order valence-corrected chi connectivity index (χ4v) is 3.51. The number of amides is 1. The van der Waals surface area contributed by atoms with Gasteiger partial charge in [-0.1, -0.05) is 0 Å². The third-order valence-corrected chi connectivity index (χ3v) is 5.15. The molecule has 3 rings (SSSR count). The Labute approximate surface area is 173 Å². The molecular weight excluding hydrogens is 394 g/mol. The molecule has 0 spiro atoms. The van der Waals surface area contributed by atoms with E-state index in [-0.39, 0.29) is 48.0 Å². The molecule has 9 heteroatoms. The standard InChI is InChI=1S/C21H25NO8/c1-13-14(3-4-18(25)22-5-7-28-8-6-22)21(26)30-20-15(12-23)16(24)11-17(19(13)20)29-10-9-27-2/h11-12,24H,3-10H2,1-2H3. The summed E-state index contributed by atoms with van der Waals surface area (Å²) in [6, 6.07) is 1.32. The Morgan fingerprint density at radius 3 is 2.70 bits per heavy atom. The number of nitrogens with zero attached hydrogens (tertiary/aromatic N) is 1. The number of ether oxygens (including phenoxy) is 3. The first-order valence-electron chi connectivity index (χ1n) is 9.72. The second-order valence-corrected chi connectivity index (χ2v) is 6.96. The normalized spacial score (nSPS) is 14.1. The maximum atomic E-state index is 12.6. The largest absolute Gasteiger partial charge is 0.507 e. The molecular formula is C21H25NO8. The summed E-state index contributed by atoms with van der Waals surface area (Å²) in [6.45, 7) is 4.30. The number of aldehydes is 1. The van der Waals surface area contributed by atoms with Crippen LogP contribution in [0.5, 0.6) is 11.5 Å². The first-order chi connectivity index (χ1) is 14.5. The van der Waals surface area contributed by atoms with Crippen molar-refractivity contribution in [2.45, 2.75) is 19.8 Å². The van der Waals surface area contributed by atoms with E-state index in [0.717, 1.165) is 0 Å². The number of phenolic OH excluding ortho intramolecular Hbond substituents is 1. The van der Waals surface area contributed by atoms with Crippen molar-refractivity contribution in [1.82, 2.24) is 4.90 Å². The summed E-state index contributed by atoms with van der Waals surface area (Å²) in [5.74, 6) is -0.136. The van der Waals surface area contributed by atoms with Crippen molar-refractivity contribution in [2.24, 2.45) is 0 Å². The molecule has 0 bridgehead atoms. The Kier molecular flexibility index (Phi) is 7.07. The van der Waals surface area contributed by atoms with E-state index in [9.17, 15) is 19.5 Å². The van der Waals surface area contributed by atoms with Gasteiger partial charge in [0, 0.05) is 38.2 Å². The smallest absolute Gasteiger partial charge is 0.339 e. The average Bonchev–Trinajstić information content (AvgIpc) is 2.74. The van der Waals surface area contributed by atoms with E-state index in [4.69, 9.17) is 18.6 Å². The highest BCUT2D eigenvalue weighted by Gasteiger charge is 2.23. The number of rotatable bonds is 8. The summed E-state index contributed by atoms with van der Waals surface area (Å²) in [6.07, 6.45) is 0.769. The molecule has 1 N–H and O–H groups in total. The first-order valence-corrected chi connectivity index (χ1v) is 9.72. The highest BCUT2D eigenvalue weighted by atomic mass is 16.5. The summed E-state index contributed by atoms with van der Waals surface area (Å²) in [7, 11) is 1.53. The molecule has 1 fully saturated rings. The molecule has 30 heavy (non-hydrogen) atoms. The lowest BCUT2D eigenvalue weighted by Crippen LogP contribution is -2.40. The molecule has 1 saturated heterocycles. The quantitative estimate of drug-likeness (QED) is 0.388. The second-order valence-electron chi connectivity index (χ2n) is 6.96. The van der Waals surface area contributed by atoms with Crippen LogP contribution in [0.2, 0.25) is 0 Å². The summed E-state index contributed by atoms with van der Waals surface area (Å²) in [4.78, 5) is 38.3. The lowest BCUT2D eigenvalue weighted by molar-refractivity contribution is -0.135. The highest BCUT2D eigenvalue weighted by Crippen LogP contribution is 2.36. The monoisotopic (exact) mass is 419 g/mol. The zero-order chi connectivity index (χ0) is 21.7. The molecule has 162 valence electrons. The SMILES string of the molecule is COCCOc1cc(O)c(C=O)c2oc(=O)c(CCC(=O)N3CCOCC3)c(C)c12. The fraction of sp³-hybridized carbons (Fsp3) is 0.476. The van der Waals surface area contributed by atoms with E-state index in [1.165, 1.54) is 13.2 Å². The van der Waals surface area contributed by atoms with Crippen LogP contribution in [0.3, 0.4) is 0 Å². The van der Waals surface area contributed by atoms with Crippen LogP contribution in [0.1, 0.15) is 27.9 Å². The molecule has 2 aromatic rings. The minimum absolute atomic E-state index is 0.0387. The second kappa shape index (κ2) is 9.73. The number of benzene rings is 1. The third-order valence-electron chi connectivity index (χ3n) is 5.15. The Balaban J connectivity index is 1.97. The number of fused-ring (bicyclic) bond motifs is 1. The van der Waals surface area contributed by atoms with Gasteiger partial charge in [-0.3, -0.25) is 9.59 Å². The number of hydrogen-bond donors (Lipinski definition) is 1. The lowest BCUT2D eigenvalue weighted by Gasteiger charge is -2.26. The van der Waals surface area contributed by atoms with Gasteiger partial charge in [0.15, 0.2) is 11.9 Å². The summed E-state index contributed by atoms with van der Waals surface area (Å²) < 4.78 is 21.3. The summed E-state index contributed by atoms with van der Waals surface area (Å²) in [5, 5.41) is 10.6. The fourth-order valence-electron chi connectivity index (χ4n) is 3.51. The van der Waals surface area contributed by atoms with Crippen LogP contribution < -0.4 is 10.4 Å². The van der Waals surface area contributed by atoms with Crippen LogP contribution in [0.15, 0.2) is 15.3 Å². The van der Waals surface area contributed by atoms with Crippen LogP contribution in [-0.4, -0.2) is 68.8 Å². The molecule has 2 heterocycles. The van der Waals surface area contributed by atoms with E-state index < -0.39 is 5.63 Å². The van der Waals surface area contributed by atoms with Gasteiger partial charge in [-0.05, 0) is 18.9 Å². The predicted molar refractivity (Wildman–Crippen MR) is 107 cm³/mol. The number of carbonyl (C=O) groups is 2. The third kappa shape index (κ3) is 4.47. The van der Waals surface area contributed by atoms with Crippen molar-refractivity contribution in [3.05, 3.63) is 33.2 Å². The molecule has 0 unspecified atom stereocenters. The Morgan fingerprint density at radius 2 is 2.03 bits per heavy atom. The number of aromatic hydroxyl groups is 1. The zero-order valence-electron chi connectivity index (χ0n) is 17.1. The van der Waals surface area contributed by atoms with Crippen LogP contribution >= 0.6 is 0 Å². The van der Waals surface area contributed by atoms with E-state index in [2.05, 4.69) is 0 Å². The van der Waals surface area contributed by atoms with E-state index >= 15 is 0 Å². The molecule has 1 aromatic heterocycles. The van der Waals surface area contributed by atoms with Crippen molar-refractivity contribution < 1.29 is 33.3 Å². The van der Waals surface area contributed by atoms with E-state index in [0.29, 0.717) is 55.7 Å². The molecule has 9 nitrogen and oxygen atoms in total. The highest BCUT2D eigenvalue weighted by molar-refractivity contribution is 6.01. The maximum Gasteiger partial charge on any atom is 0.339 e. The number of hydrogen-bond acceptors (Lipinski definition) is 8. The predicted octanol–water partition coefficient (Wildman–Crippen LogP) is 1.44. The van der Waals surface area contributed by atoms with Gasteiger partial charge >= 0.3 is 5.63 Å². The number of methoxy groups -OCH3 is 1.